The van der Waals surface area contributed by atoms with E-state index >= 15 is 0 Å². The molecule has 5 nitrogen and oxygen atoms in total. The molecule has 1 rings (SSSR count). The molecule has 0 saturated heterocycles. The fourth-order valence-corrected chi connectivity index (χ4v) is 1.55. The summed E-state index contributed by atoms with van der Waals surface area (Å²) in [5, 5.41) is 10.4. The van der Waals surface area contributed by atoms with Crippen LogP contribution in [0.5, 0.6) is 5.75 Å². The summed E-state index contributed by atoms with van der Waals surface area (Å²) in [6.07, 6.45) is -5.05. The first-order valence-corrected chi connectivity index (χ1v) is 6.64. The maximum Gasteiger partial charge on any atom is 0.400 e. The number of hydrogen-bond acceptors (Lipinski definition) is 5. The van der Waals surface area contributed by atoms with E-state index in [0.29, 0.717) is 5.75 Å². The molecule has 0 fully saturated rings. The van der Waals surface area contributed by atoms with Gasteiger partial charge < -0.3 is 19.4 Å². The predicted octanol–water partition coefficient (Wildman–Crippen LogP) is 1.95. The largest absolute Gasteiger partial charge is 0.549 e. The third kappa shape index (κ3) is 6.17. The van der Waals surface area contributed by atoms with Gasteiger partial charge in [0.05, 0.1) is 11.5 Å². The van der Waals surface area contributed by atoms with E-state index in [9.17, 15) is 27.9 Å². The van der Waals surface area contributed by atoms with Gasteiger partial charge in [0.15, 0.2) is 0 Å². The predicted molar refractivity (Wildman–Crippen MR) is 71.7 cm³/mol. The highest BCUT2D eigenvalue weighted by molar-refractivity contribution is 5.89. The van der Waals surface area contributed by atoms with Crippen molar-refractivity contribution in [2.24, 2.45) is 5.92 Å². The molecule has 0 spiro atoms. The Labute approximate surface area is 131 Å². The standard InChI is InChI=1S/C15H17F3O5/c1-14(2,3)23-10-6-4-9(5-7-10)13(21)22-8-11(12(19)20)15(16,17)18/h4-7,11H,8H2,1-3H3,(H,19,20)/p-1. The third-order valence-corrected chi connectivity index (χ3v) is 2.57. The number of carboxylic acid groups (broad SMARTS) is 1. The number of halogens is 3. The molecule has 128 valence electrons. The number of benzene rings is 1. The molecule has 0 aliphatic carbocycles. The summed E-state index contributed by atoms with van der Waals surface area (Å²) >= 11 is 0. The van der Waals surface area contributed by atoms with Crippen molar-refractivity contribution in [3.05, 3.63) is 29.8 Å². The van der Waals surface area contributed by atoms with Crippen LogP contribution in [0, 0.1) is 5.92 Å². The molecule has 0 aliphatic heterocycles. The van der Waals surface area contributed by atoms with Crippen molar-refractivity contribution in [2.45, 2.75) is 32.5 Å². The van der Waals surface area contributed by atoms with Crippen molar-refractivity contribution >= 4 is 11.9 Å². The molecule has 0 bridgehead atoms. The number of alkyl halides is 3. The highest BCUT2D eigenvalue weighted by Gasteiger charge is 2.41. The molecule has 23 heavy (non-hydrogen) atoms. The molecule has 0 N–H and O–H groups in total. The Morgan fingerprint density at radius 3 is 2.04 bits per heavy atom. The fraction of sp³-hybridized carbons (Fsp3) is 0.467. The van der Waals surface area contributed by atoms with Crippen LogP contribution in [0.15, 0.2) is 24.3 Å². The first-order chi connectivity index (χ1) is 10.4. The quantitative estimate of drug-likeness (QED) is 0.770. The van der Waals surface area contributed by atoms with Gasteiger partial charge >= 0.3 is 12.1 Å². The van der Waals surface area contributed by atoms with Crippen molar-refractivity contribution in [2.75, 3.05) is 6.61 Å². The second kappa shape index (κ2) is 6.89. The summed E-state index contributed by atoms with van der Waals surface area (Å²) in [7, 11) is 0. The lowest BCUT2D eigenvalue weighted by molar-refractivity contribution is -0.327. The Kier molecular flexibility index (Phi) is 5.63. The Bertz CT molecular complexity index is 558. The van der Waals surface area contributed by atoms with Crippen molar-refractivity contribution in [1.82, 2.24) is 0 Å². The minimum absolute atomic E-state index is 0.0227. The van der Waals surface area contributed by atoms with Crippen LogP contribution in [0.2, 0.25) is 0 Å². The first kappa shape index (κ1) is 18.8. The van der Waals surface area contributed by atoms with E-state index in [-0.39, 0.29) is 5.56 Å². The average molecular weight is 333 g/mol. The smallest absolute Gasteiger partial charge is 0.400 e. The van der Waals surface area contributed by atoms with Gasteiger partial charge in [-0.3, -0.25) is 0 Å². The molecule has 1 atom stereocenters. The first-order valence-electron chi connectivity index (χ1n) is 6.64. The van der Waals surface area contributed by atoms with Gasteiger partial charge in [0.2, 0.25) is 0 Å². The van der Waals surface area contributed by atoms with Crippen LogP contribution < -0.4 is 9.84 Å². The van der Waals surface area contributed by atoms with Crippen LogP contribution in [0.3, 0.4) is 0 Å². The minimum atomic E-state index is -5.05. The Balaban J connectivity index is 2.70. The van der Waals surface area contributed by atoms with Crippen LogP contribution in [0.1, 0.15) is 31.1 Å². The molecule has 0 heterocycles. The molecule has 0 aromatic heterocycles. The van der Waals surface area contributed by atoms with Gasteiger partial charge in [0.25, 0.3) is 0 Å². The van der Waals surface area contributed by atoms with Crippen molar-refractivity contribution < 1.29 is 37.3 Å². The fourth-order valence-electron chi connectivity index (χ4n) is 1.55. The Morgan fingerprint density at radius 2 is 1.65 bits per heavy atom. The van der Waals surface area contributed by atoms with Crippen LogP contribution >= 0.6 is 0 Å². The van der Waals surface area contributed by atoms with E-state index in [1.54, 1.807) is 0 Å². The van der Waals surface area contributed by atoms with Gasteiger partial charge in [0.1, 0.15) is 23.9 Å². The lowest BCUT2D eigenvalue weighted by Gasteiger charge is -2.21. The molecule has 1 unspecified atom stereocenters. The minimum Gasteiger partial charge on any atom is -0.549 e. The molecule has 0 amide bonds. The monoisotopic (exact) mass is 333 g/mol. The van der Waals surface area contributed by atoms with Crippen LogP contribution in [0.25, 0.3) is 0 Å². The number of carbonyl (C=O) groups is 2. The Hall–Kier alpha value is -2.25. The van der Waals surface area contributed by atoms with Gasteiger partial charge in [-0.05, 0) is 45.0 Å². The zero-order chi connectivity index (χ0) is 17.8. The van der Waals surface area contributed by atoms with Crippen LogP contribution in [-0.2, 0) is 9.53 Å². The number of rotatable bonds is 5. The number of ether oxygens (including phenoxy) is 2. The summed E-state index contributed by atoms with van der Waals surface area (Å²) in [6.45, 7) is 4.13. The van der Waals surface area contributed by atoms with E-state index < -0.39 is 36.2 Å². The maximum atomic E-state index is 12.4. The number of aliphatic carboxylic acids is 1. The highest BCUT2D eigenvalue weighted by atomic mass is 19.4. The van der Waals surface area contributed by atoms with Gasteiger partial charge in [-0.15, -0.1) is 0 Å². The van der Waals surface area contributed by atoms with Crippen LogP contribution in [-0.4, -0.2) is 30.3 Å². The maximum absolute atomic E-state index is 12.4. The molecular formula is C15H16F3O5-. The lowest BCUT2D eigenvalue weighted by Crippen LogP contribution is -2.43. The summed E-state index contributed by atoms with van der Waals surface area (Å²) in [4.78, 5) is 22.1. The van der Waals surface area contributed by atoms with Gasteiger partial charge in [-0.25, -0.2) is 4.79 Å². The average Bonchev–Trinajstić information content (AvgIpc) is 2.35. The second-order valence-electron chi connectivity index (χ2n) is 5.75. The summed E-state index contributed by atoms with van der Waals surface area (Å²) in [5.74, 6) is -5.81. The van der Waals surface area contributed by atoms with E-state index in [1.807, 2.05) is 20.8 Å². The molecular weight excluding hydrogens is 317 g/mol. The molecule has 8 heteroatoms. The molecule has 1 aromatic carbocycles. The van der Waals surface area contributed by atoms with Crippen molar-refractivity contribution in [3.8, 4) is 5.75 Å². The molecule has 1 aromatic rings. The summed E-state index contributed by atoms with van der Waals surface area (Å²) in [6, 6.07) is 5.54. The summed E-state index contributed by atoms with van der Waals surface area (Å²) in [5.41, 5.74) is -0.471. The normalized spacial score (nSPS) is 13.3. The summed E-state index contributed by atoms with van der Waals surface area (Å²) < 4.78 is 47.1. The van der Waals surface area contributed by atoms with Gasteiger partial charge in [-0.1, -0.05) is 0 Å². The number of hydrogen-bond donors (Lipinski definition) is 0. The van der Waals surface area contributed by atoms with Gasteiger partial charge in [0, 0.05) is 0 Å². The van der Waals surface area contributed by atoms with E-state index in [2.05, 4.69) is 4.74 Å². The molecule has 0 saturated carbocycles. The van der Waals surface area contributed by atoms with E-state index in [0.717, 1.165) is 0 Å². The number of carbonyl (C=O) groups excluding carboxylic acids is 2. The molecule has 0 radical (unpaired) electrons. The zero-order valence-electron chi connectivity index (χ0n) is 12.8. The van der Waals surface area contributed by atoms with Crippen LogP contribution in [0.4, 0.5) is 13.2 Å². The molecule has 0 aliphatic rings. The van der Waals surface area contributed by atoms with Crippen molar-refractivity contribution in [3.63, 3.8) is 0 Å². The Morgan fingerprint density at radius 1 is 1.13 bits per heavy atom. The second-order valence-corrected chi connectivity index (χ2v) is 5.75. The lowest BCUT2D eigenvalue weighted by atomic mass is 10.1. The third-order valence-electron chi connectivity index (χ3n) is 2.57. The van der Waals surface area contributed by atoms with Gasteiger partial charge in [-0.2, -0.15) is 13.2 Å². The van der Waals surface area contributed by atoms with Crippen molar-refractivity contribution in [1.29, 1.82) is 0 Å². The zero-order valence-corrected chi connectivity index (χ0v) is 12.8. The topological polar surface area (TPSA) is 75.7 Å². The van der Waals surface area contributed by atoms with E-state index in [1.165, 1.54) is 24.3 Å². The highest BCUT2D eigenvalue weighted by Crippen LogP contribution is 2.26. The number of carboxylic acids is 1. The SMILES string of the molecule is CC(C)(C)Oc1ccc(C(=O)OCC(C(=O)[O-])C(F)(F)F)cc1. The number of esters is 1. The van der Waals surface area contributed by atoms with E-state index in [4.69, 9.17) is 4.74 Å².